The minimum Gasteiger partial charge on any atom is -0.516 e. The molecular formula is C18H32O. The summed E-state index contributed by atoms with van der Waals surface area (Å²) >= 11 is 0. The van der Waals surface area contributed by atoms with Gasteiger partial charge in [-0.25, -0.2) is 0 Å². The molecule has 0 aliphatic carbocycles. The lowest BCUT2D eigenvalue weighted by atomic mass is 10.1. The molecule has 0 heterocycles. The van der Waals surface area contributed by atoms with Crippen LogP contribution >= 0.6 is 0 Å². The highest BCUT2D eigenvalue weighted by atomic mass is 16.2. The molecule has 0 aliphatic rings. The summed E-state index contributed by atoms with van der Waals surface area (Å²) in [7, 11) is 0. The van der Waals surface area contributed by atoms with Crippen molar-refractivity contribution in [3.05, 3.63) is 36.6 Å². The van der Waals surface area contributed by atoms with E-state index in [1.54, 1.807) is 6.08 Å². The van der Waals surface area contributed by atoms with Crippen LogP contribution in [0.5, 0.6) is 0 Å². The average molecular weight is 264 g/mol. The smallest absolute Gasteiger partial charge is 0.0791 e. The molecule has 0 radical (unpaired) electrons. The Morgan fingerprint density at radius 1 is 0.632 bits per heavy atom. The predicted octanol–water partition coefficient (Wildman–Crippen LogP) is 6.48. The maximum atomic E-state index is 8.43. The highest BCUT2D eigenvalue weighted by molar-refractivity contribution is 4.98. The molecule has 0 saturated heterocycles. The number of rotatable bonds is 13. The number of unbranched alkanes of at least 4 members (excludes halogenated alkanes) is 9. The van der Waals surface area contributed by atoms with E-state index in [0.29, 0.717) is 0 Å². The fourth-order valence-electron chi connectivity index (χ4n) is 2.01. The minimum absolute atomic E-state index is 1.08. The zero-order valence-electron chi connectivity index (χ0n) is 12.7. The minimum atomic E-state index is 1.08. The summed E-state index contributed by atoms with van der Waals surface area (Å²) in [4.78, 5) is 0. The van der Waals surface area contributed by atoms with Crippen LogP contribution in [0.1, 0.15) is 77.6 Å². The highest BCUT2D eigenvalue weighted by Crippen LogP contribution is 2.09. The zero-order chi connectivity index (χ0) is 14.0. The second-order valence-corrected chi connectivity index (χ2v) is 5.08. The van der Waals surface area contributed by atoms with Gasteiger partial charge in [0.15, 0.2) is 0 Å². The molecule has 0 rings (SSSR count). The van der Waals surface area contributed by atoms with Crippen LogP contribution in [0.2, 0.25) is 0 Å². The number of aliphatic hydroxyl groups excluding tert-OH is 1. The Morgan fingerprint density at radius 3 is 1.74 bits per heavy atom. The van der Waals surface area contributed by atoms with Crippen LogP contribution in [0.4, 0.5) is 0 Å². The van der Waals surface area contributed by atoms with Crippen molar-refractivity contribution in [3.63, 3.8) is 0 Å². The number of aliphatic hydroxyl groups is 1. The molecule has 1 heteroatoms. The van der Waals surface area contributed by atoms with E-state index in [-0.39, 0.29) is 0 Å². The summed E-state index contributed by atoms with van der Waals surface area (Å²) in [6, 6.07) is 0. The van der Waals surface area contributed by atoms with Crippen LogP contribution < -0.4 is 0 Å². The molecule has 19 heavy (non-hydrogen) atoms. The number of allylic oxidation sites excluding steroid dienone is 5. The molecule has 0 aliphatic heterocycles. The van der Waals surface area contributed by atoms with Crippen LogP contribution in [0.15, 0.2) is 36.6 Å². The standard InChI is InChI=1S/C18H32O/c1-2-3-4-5-6-7-8-9-10-11-12-13-14-15-16-17-18-19/h5-6,15-19H,2-4,7-14H2,1H3. The van der Waals surface area contributed by atoms with E-state index in [1.165, 1.54) is 64.2 Å². The van der Waals surface area contributed by atoms with Gasteiger partial charge in [-0.1, -0.05) is 69.8 Å². The van der Waals surface area contributed by atoms with Crippen molar-refractivity contribution < 1.29 is 5.11 Å². The maximum absolute atomic E-state index is 8.43. The van der Waals surface area contributed by atoms with Crippen molar-refractivity contribution in [2.24, 2.45) is 0 Å². The normalized spacial score (nSPS) is 12.3. The second kappa shape index (κ2) is 17.0. The molecule has 0 spiro atoms. The van der Waals surface area contributed by atoms with Crippen molar-refractivity contribution >= 4 is 0 Å². The Morgan fingerprint density at radius 2 is 1.16 bits per heavy atom. The van der Waals surface area contributed by atoms with Crippen molar-refractivity contribution in [3.8, 4) is 0 Å². The van der Waals surface area contributed by atoms with Gasteiger partial charge in [0.25, 0.3) is 0 Å². The first-order valence-electron chi connectivity index (χ1n) is 8.02. The summed E-state index contributed by atoms with van der Waals surface area (Å²) in [6.45, 7) is 2.24. The Labute approximate surface area is 120 Å². The molecular weight excluding hydrogens is 232 g/mol. The number of hydrogen-bond donors (Lipinski definition) is 1. The van der Waals surface area contributed by atoms with E-state index in [4.69, 9.17) is 5.11 Å². The summed E-state index contributed by atoms with van der Waals surface area (Å²) in [5.74, 6) is 0. The maximum Gasteiger partial charge on any atom is 0.0791 e. The highest BCUT2D eigenvalue weighted by Gasteiger charge is 1.89. The van der Waals surface area contributed by atoms with E-state index < -0.39 is 0 Å². The Kier molecular flexibility index (Phi) is 16.1. The van der Waals surface area contributed by atoms with Crippen LogP contribution in [0.25, 0.3) is 0 Å². The summed E-state index contributed by atoms with van der Waals surface area (Å²) in [6.07, 6.45) is 25.8. The lowest BCUT2D eigenvalue weighted by Gasteiger charge is -1.99. The first-order valence-corrected chi connectivity index (χ1v) is 8.02. The third kappa shape index (κ3) is 17.0. The quantitative estimate of drug-likeness (QED) is 0.175. The molecule has 0 unspecified atom stereocenters. The monoisotopic (exact) mass is 264 g/mol. The molecule has 0 atom stereocenters. The van der Waals surface area contributed by atoms with Gasteiger partial charge in [-0.2, -0.15) is 0 Å². The topological polar surface area (TPSA) is 20.2 Å². The van der Waals surface area contributed by atoms with Gasteiger partial charge < -0.3 is 5.11 Å². The van der Waals surface area contributed by atoms with E-state index in [1.807, 2.05) is 6.08 Å². The SMILES string of the molecule is CCCCC=CCCCCCCCCC=CC=CO. The van der Waals surface area contributed by atoms with E-state index in [2.05, 4.69) is 25.2 Å². The Bertz CT molecular complexity index is 238. The molecule has 0 aromatic carbocycles. The summed E-state index contributed by atoms with van der Waals surface area (Å²) in [5.41, 5.74) is 0. The van der Waals surface area contributed by atoms with Crippen molar-refractivity contribution in [1.82, 2.24) is 0 Å². The van der Waals surface area contributed by atoms with Crippen molar-refractivity contribution in [2.45, 2.75) is 77.6 Å². The van der Waals surface area contributed by atoms with Crippen molar-refractivity contribution in [1.29, 1.82) is 0 Å². The number of hydrogen-bond acceptors (Lipinski definition) is 1. The van der Waals surface area contributed by atoms with Gasteiger partial charge in [0, 0.05) is 0 Å². The third-order valence-corrected chi connectivity index (χ3v) is 3.22. The van der Waals surface area contributed by atoms with Gasteiger partial charge >= 0.3 is 0 Å². The molecule has 0 amide bonds. The van der Waals surface area contributed by atoms with Crippen LogP contribution in [-0.2, 0) is 0 Å². The molecule has 0 aromatic heterocycles. The lowest BCUT2D eigenvalue weighted by molar-refractivity contribution is 0.473. The van der Waals surface area contributed by atoms with Gasteiger partial charge in [0.1, 0.15) is 0 Å². The van der Waals surface area contributed by atoms with E-state index >= 15 is 0 Å². The van der Waals surface area contributed by atoms with Crippen molar-refractivity contribution in [2.75, 3.05) is 0 Å². The van der Waals surface area contributed by atoms with Gasteiger partial charge in [0.05, 0.1) is 6.26 Å². The average Bonchev–Trinajstić information content (AvgIpc) is 2.43. The van der Waals surface area contributed by atoms with Gasteiger partial charge in [-0.05, 0) is 38.2 Å². The lowest BCUT2D eigenvalue weighted by Crippen LogP contribution is -1.79. The predicted molar refractivity (Wildman–Crippen MR) is 86.5 cm³/mol. The van der Waals surface area contributed by atoms with Gasteiger partial charge in [0.2, 0.25) is 0 Å². The fraction of sp³-hybridized carbons (Fsp3) is 0.667. The van der Waals surface area contributed by atoms with Gasteiger partial charge in [-0.3, -0.25) is 0 Å². The summed E-state index contributed by atoms with van der Waals surface area (Å²) in [5, 5.41) is 8.43. The third-order valence-electron chi connectivity index (χ3n) is 3.22. The molecule has 0 aromatic rings. The zero-order valence-corrected chi connectivity index (χ0v) is 12.7. The molecule has 0 bridgehead atoms. The largest absolute Gasteiger partial charge is 0.516 e. The van der Waals surface area contributed by atoms with E-state index in [9.17, 15) is 0 Å². The molecule has 0 saturated carbocycles. The Balaban J connectivity index is 3.08. The summed E-state index contributed by atoms with van der Waals surface area (Å²) < 4.78 is 0. The van der Waals surface area contributed by atoms with Crippen LogP contribution in [0, 0.1) is 0 Å². The van der Waals surface area contributed by atoms with Gasteiger partial charge in [-0.15, -0.1) is 0 Å². The Hall–Kier alpha value is -0.980. The van der Waals surface area contributed by atoms with E-state index in [0.717, 1.165) is 12.7 Å². The first kappa shape index (κ1) is 18.0. The van der Waals surface area contributed by atoms with Crippen LogP contribution in [-0.4, -0.2) is 5.11 Å². The fourth-order valence-corrected chi connectivity index (χ4v) is 2.01. The molecule has 0 fully saturated rings. The molecule has 1 N–H and O–H groups in total. The second-order valence-electron chi connectivity index (χ2n) is 5.08. The molecule has 110 valence electrons. The molecule has 1 nitrogen and oxygen atoms in total. The van der Waals surface area contributed by atoms with Crippen LogP contribution in [0.3, 0.4) is 0 Å². The first-order chi connectivity index (χ1) is 9.41.